The van der Waals surface area contributed by atoms with Crippen LogP contribution >= 0.6 is 0 Å². The third-order valence-corrected chi connectivity index (χ3v) is 1.09. The van der Waals surface area contributed by atoms with Crippen LogP contribution in [0.4, 0.5) is 0 Å². The van der Waals surface area contributed by atoms with Crippen molar-refractivity contribution >= 4 is 4.40 Å². The second-order valence-electron chi connectivity index (χ2n) is 1.74. The first-order valence-corrected chi connectivity index (χ1v) is 70.6. The van der Waals surface area contributed by atoms with Crippen molar-refractivity contribution in [3.05, 3.63) is 0 Å². The average Bonchev–Trinajstić information content (AvgIpc) is 2.51. The van der Waals surface area contributed by atoms with E-state index in [1.807, 2.05) is 0 Å². The van der Waals surface area contributed by atoms with Crippen LogP contribution in [0, 0.1) is 5.92 Å². The molecule has 0 radical (unpaired) electrons. The summed E-state index contributed by atoms with van der Waals surface area (Å²) in [6.45, 7) is 4.41. The summed E-state index contributed by atoms with van der Waals surface area (Å²) in [6, 6.07) is 0. The zero-order valence-electron chi connectivity index (χ0n) is 9.09. The zero-order valence-corrected chi connectivity index (χ0v) is 47.2. The molecule has 0 saturated carbocycles. The molecule has 0 unspecified atom stereocenters. The van der Waals surface area contributed by atoms with E-state index < -0.39 is 0 Å². The van der Waals surface area contributed by atoms with Crippen molar-refractivity contribution in [2.45, 2.75) is 20.3 Å². The molecule has 0 bridgehead atoms. The van der Waals surface area contributed by atoms with Crippen molar-refractivity contribution < 1.29 is 214 Å². The van der Waals surface area contributed by atoms with Gasteiger partial charge in [0.15, 0.2) is 0 Å². The van der Waals surface area contributed by atoms with Crippen molar-refractivity contribution in [1.82, 2.24) is 0 Å². The minimum atomic E-state index is 0.808. The first-order chi connectivity index (χ1) is 8.77. The van der Waals surface area contributed by atoms with Gasteiger partial charge in [-0.05, 0) is 0 Å². The van der Waals surface area contributed by atoms with E-state index in [2.05, 4.69) is 18.2 Å². The van der Waals surface area contributed by atoms with Gasteiger partial charge >= 0.3 is 245 Å². The average molecular weight is 2460 g/mol. The van der Waals surface area contributed by atoms with Crippen LogP contribution in [0.3, 0.4) is 0 Å². The Morgan fingerprint density at radius 1 is 0.611 bits per heavy atom. The zero-order chi connectivity index (χ0) is 17.0. The van der Waals surface area contributed by atoms with E-state index >= 15 is 0 Å². The Morgan fingerprint density at radius 2 is 0.778 bits per heavy atom. The molecule has 0 aliphatic carbocycles. The quantitative estimate of drug-likeness (QED) is 0.366. The molecule has 0 amide bonds. The van der Waals surface area contributed by atoms with Crippen LogP contribution in [0.5, 0.6) is 0 Å². The molecule has 0 nitrogen and oxygen atoms in total. The Kier molecular flexibility index (Phi) is 211. The summed E-state index contributed by atoms with van der Waals surface area (Å²) in [7, 11) is 0. The first-order valence-electron chi connectivity index (χ1n) is 3.12. The van der Waals surface area contributed by atoms with Crippen LogP contribution in [0.25, 0.3) is 0 Å². The normalized spacial score (nSPS) is 4.39. The van der Waals surface area contributed by atoms with Gasteiger partial charge in [0.1, 0.15) is 0 Å². The first kappa shape index (κ1) is 45.5. The van der Waals surface area contributed by atoms with Crippen LogP contribution in [0.1, 0.15) is 20.3 Å². The van der Waals surface area contributed by atoms with Gasteiger partial charge in [0.25, 0.3) is 0 Å². The van der Waals surface area contributed by atoms with Gasteiger partial charge in [-0.25, -0.2) is 0 Å². The molecule has 0 spiro atoms. The molecule has 0 heterocycles. The van der Waals surface area contributed by atoms with E-state index in [4.69, 9.17) is 0 Å². The number of rotatable bonds is 2. The molecule has 0 aromatic carbocycles. The molecule has 18 heavy (non-hydrogen) atoms. The molecule has 0 N–H and O–H groups in total. The van der Waals surface area contributed by atoms with Gasteiger partial charge in [0.2, 0.25) is 0 Å². The molecule has 0 aliphatic rings. The molecule has 0 rings (SSSR count). The standard InChI is InChI=1S/C5H9.13W/c1-4-5(2)3;;;;;;;;;;;;;/h5H,4H2,2-3H3;;;;;;;;;;;;;/q-1;;;;;;;;;;;;;. The van der Waals surface area contributed by atoms with Crippen molar-refractivity contribution in [3.63, 3.8) is 0 Å². The predicted molar refractivity (Wildman–Crippen MR) is 24.5 cm³/mol. The summed E-state index contributed by atoms with van der Waals surface area (Å²) in [5.74, 6) is 0.808. The minimum absolute atomic E-state index is 0.808. The van der Waals surface area contributed by atoms with E-state index in [0.717, 1.165) is 12.3 Å². The molecule has 0 aromatic heterocycles. The fourth-order valence-corrected chi connectivity index (χ4v) is 1.36. The molecule has 0 saturated heterocycles. The second-order valence-corrected chi connectivity index (χ2v) is 2.78. The van der Waals surface area contributed by atoms with Gasteiger partial charge in [-0.15, -0.1) is 0 Å². The third-order valence-electron chi connectivity index (χ3n) is 0.492. The third kappa shape index (κ3) is 101. The second kappa shape index (κ2) is 83.3. The van der Waals surface area contributed by atoms with Crippen molar-refractivity contribution in [2.75, 3.05) is 0 Å². The maximum absolute atomic E-state index is 3.15. The van der Waals surface area contributed by atoms with Crippen molar-refractivity contribution in [3.8, 4) is 0 Å². The van der Waals surface area contributed by atoms with E-state index in [1.165, 1.54) is 19.4 Å². The van der Waals surface area contributed by atoms with E-state index in [1.54, 1.807) is 195 Å². The summed E-state index contributed by atoms with van der Waals surface area (Å²) >= 11 is 21.5. The summed E-state index contributed by atoms with van der Waals surface area (Å²) in [5.41, 5.74) is 0. The Morgan fingerprint density at radius 3 is 0.778 bits per heavy atom. The number of hydrogen-bond acceptors (Lipinski definition) is 0. The summed E-state index contributed by atoms with van der Waals surface area (Å²) in [5, 5.41) is 0. The van der Waals surface area contributed by atoms with Crippen molar-refractivity contribution in [2.24, 2.45) is 5.92 Å². The topological polar surface area (TPSA) is 0 Å². The Bertz CT molecular complexity index is 92.0. The summed E-state index contributed by atoms with van der Waals surface area (Å²) in [4.78, 5) is 0. The Hall–Kier alpha value is 8.82. The van der Waals surface area contributed by atoms with Gasteiger partial charge in [0.05, 0.1) is 0 Å². The molecule has 108 valence electrons. The Balaban J connectivity index is -0.0000000174. The van der Waals surface area contributed by atoms with Crippen molar-refractivity contribution in [1.29, 1.82) is 0 Å². The van der Waals surface area contributed by atoms with Gasteiger partial charge < -0.3 is 0 Å². The molecule has 0 atom stereocenters. The monoisotopic (exact) mass is 2460 g/mol. The molecular formula is C5H9W13-. The molecule has 0 fully saturated rings. The van der Waals surface area contributed by atoms with Crippen LogP contribution < -0.4 is 0 Å². The van der Waals surface area contributed by atoms with E-state index in [-0.39, 0.29) is 0 Å². The molecule has 0 aromatic rings. The maximum atomic E-state index is 3.15. The fourth-order valence-electron chi connectivity index (χ4n) is 0.167. The number of hydrogen-bond donors (Lipinski definition) is 0. The SMILES string of the molecule is CC(C)C[C-]=[W].[W]=[W].[W]=[W].[W]=[W].[W]=[W].[W]=[W].[W]=[W]. The predicted octanol–water partition coefficient (Wildman–Crippen LogP) is 1.23. The van der Waals surface area contributed by atoms with Crippen LogP contribution in [0.15, 0.2) is 0 Å². The van der Waals surface area contributed by atoms with Crippen LogP contribution in [0.2, 0.25) is 0 Å². The van der Waals surface area contributed by atoms with Gasteiger partial charge in [-0.3, -0.25) is 0 Å². The van der Waals surface area contributed by atoms with E-state index in [0.29, 0.717) is 0 Å². The molecule has 0 aliphatic heterocycles. The van der Waals surface area contributed by atoms with Gasteiger partial charge in [-0.1, -0.05) is 0 Å². The van der Waals surface area contributed by atoms with E-state index in [9.17, 15) is 0 Å². The Labute approximate surface area is 237 Å². The molecular weight excluding hydrogens is 2450 g/mol. The fraction of sp³-hybridized carbons (Fsp3) is 0.800. The summed E-state index contributed by atoms with van der Waals surface area (Å²) in [6.07, 6.45) is 1.16. The van der Waals surface area contributed by atoms with Crippen LogP contribution in [-0.2, 0) is 214 Å². The van der Waals surface area contributed by atoms with Gasteiger partial charge in [-0.2, -0.15) is 0 Å². The molecule has 13 heteroatoms. The van der Waals surface area contributed by atoms with Gasteiger partial charge in [0, 0.05) is 0 Å². The summed E-state index contributed by atoms with van der Waals surface area (Å²) < 4.78 is 3.15. The van der Waals surface area contributed by atoms with Crippen LogP contribution in [-0.4, -0.2) is 4.40 Å².